The van der Waals surface area contributed by atoms with Crippen molar-refractivity contribution in [1.29, 1.82) is 0 Å². The van der Waals surface area contributed by atoms with E-state index in [1.807, 2.05) is 12.1 Å². The summed E-state index contributed by atoms with van der Waals surface area (Å²) in [7, 11) is 0. The van der Waals surface area contributed by atoms with Crippen molar-refractivity contribution in [3.05, 3.63) is 70.0 Å². The number of amides is 1. The lowest BCUT2D eigenvalue weighted by Gasteiger charge is -2.63. The van der Waals surface area contributed by atoms with Crippen molar-refractivity contribution in [1.82, 2.24) is 15.5 Å². The molecule has 0 aromatic heterocycles. The van der Waals surface area contributed by atoms with Crippen molar-refractivity contribution in [2.75, 3.05) is 32.7 Å². The van der Waals surface area contributed by atoms with Crippen LogP contribution in [-0.4, -0.2) is 55.7 Å². The average molecular weight is 551 g/mol. The molecule has 210 valence electrons. The first-order valence-electron chi connectivity index (χ1n) is 14.3. The number of piperazine rings is 1. The minimum absolute atomic E-state index is 0.0523. The number of nitrogens with one attached hydrogen (secondary N) is 2. The fourth-order valence-corrected chi connectivity index (χ4v) is 6.79. The summed E-state index contributed by atoms with van der Waals surface area (Å²) >= 11 is 6.21. The third-order valence-corrected chi connectivity index (χ3v) is 8.83. The van der Waals surface area contributed by atoms with Crippen LogP contribution in [0.4, 0.5) is 5.69 Å². The molecule has 6 nitrogen and oxygen atoms in total. The Kier molecular flexibility index (Phi) is 9.59. The van der Waals surface area contributed by atoms with Gasteiger partial charge in [0.2, 0.25) is 5.69 Å². The molecule has 0 spiro atoms. The number of unbranched alkanes of at least 4 members (excludes halogenated alkanes) is 3. The molecule has 1 amide bonds. The van der Waals surface area contributed by atoms with E-state index in [1.165, 1.54) is 50.9 Å². The summed E-state index contributed by atoms with van der Waals surface area (Å²) in [6.07, 6.45) is 5.93. The number of hydrogen-bond donors (Lipinski definition) is 2. The van der Waals surface area contributed by atoms with E-state index in [9.17, 15) is 4.79 Å². The zero-order chi connectivity index (χ0) is 28.0. The van der Waals surface area contributed by atoms with Crippen molar-refractivity contribution < 1.29 is 9.53 Å². The molecule has 1 heterocycles. The number of nitrogens with zero attached hydrogens (tertiary/aromatic N) is 2. The molecule has 4 rings (SSSR count). The van der Waals surface area contributed by atoms with Crippen LogP contribution in [0.25, 0.3) is 4.85 Å². The molecule has 7 heteroatoms. The van der Waals surface area contributed by atoms with Gasteiger partial charge in [0.15, 0.2) is 0 Å². The molecule has 39 heavy (non-hydrogen) atoms. The van der Waals surface area contributed by atoms with Crippen LogP contribution in [-0.2, 0) is 6.42 Å². The number of aryl methyl sites for hydroxylation is 1. The summed E-state index contributed by atoms with van der Waals surface area (Å²) < 4.78 is 6.34. The summed E-state index contributed by atoms with van der Waals surface area (Å²) in [5.74, 6) is 0.585. The predicted molar refractivity (Wildman–Crippen MR) is 159 cm³/mol. The highest BCUT2D eigenvalue weighted by Crippen LogP contribution is 2.55. The molecule has 0 bridgehead atoms. The van der Waals surface area contributed by atoms with Crippen molar-refractivity contribution in [2.24, 2.45) is 10.8 Å². The Labute approximate surface area is 239 Å². The Balaban J connectivity index is 1.24. The quantitative estimate of drug-likeness (QED) is 0.247. The first kappa shape index (κ1) is 29.4. The molecule has 1 aliphatic carbocycles. The molecular formula is C32H43ClN4O2. The zero-order valence-corrected chi connectivity index (χ0v) is 24.6. The molecule has 0 radical (unpaired) electrons. The molecule has 1 saturated carbocycles. The summed E-state index contributed by atoms with van der Waals surface area (Å²) in [4.78, 5) is 19.1. The predicted octanol–water partition coefficient (Wildman–Crippen LogP) is 6.51. The first-order valence-corrected chi connectivity index (χ1v) is 14.7. The number of ether oxygens (including phenoxy) is 1. The lowest BCUT2D eigenvalue weighted by Crippen LogP contribution is -2.74. The smallest absolute Gasteiger partial charge is 0.251 e. The number of carbonyl (C=O) groups is 1. The highest BCUT2D eigenvalue weighted by Gasteiger charge is 2.64. The molecule has 1 aliphatic heterocycles. The maximum absolute atomic E-state index is 13.2. The van der Waals surface area contributed by atoms with Crippen LogP contribution in [0.1, 0.15) is 69.3 Å². The standard InChI is InChI=1S/C32H43ClN4O2/c1-31(2)29(32(3,4)30(31)39-25-15-16-27(34-5)26(33)22-25)36-28(38)24-13-11-23(12-14-24)10-8-6-7-9-19-37-20-17-35-18-21-37/h11-16,22,29-30,35H,6-10,17-21H2,1-4H3,(H,36,38). The van der Waals surface area contributed by atoms with Gasteiger partial charge in [-0.3, -0.25) is 4.79 Å². The van der Waals surface area contributed by atoms with Crippen LogP contribution in [0.3, 0.4) is 0 Å². The van der Waals surface area contributed by atoms with E-state index in [2.05, 4.69) is 60.2 Å². The third kappa shape index (κ3) is 6.95. The van der Waals surface area contributed by atoms with Gasteiger partial charge in [-0.05, 0) is 55.6 Å². The molecule has 2 N–H and O–H groups in total. The number of rotatable bonds is 11. The Morgan fingerprint density at radius 1 is 1.05 bits per heavy atom. The van der Waals surface area contributed by atoms with E-state index in [1.54, 1.807) is 18.2 Å². The Bertz CT molecular complexity index is 1150. The second-order valence-corrected chi connectivity index (χ2v) is 12.6. The van der Waals surface area contributed by atoms with Crippen LogP contribution >= 0.6 is 11.6 Å². The SMILES string of the molecule is [C-]#[N+]c1ccc(OC2C(C)(C)C(NC(=O)c3ccc(CCCCCCN4CCNCC4)cc3)C2(C)C)cc1Cl. The van der Waals surface area contributed by atoms with E-state index in [4.69, 9.17) is 22.9 Å². The van der Waals surface area contributed by atoms with Crippen LogP contribution in [0.5, 0.6) is 5.75 Å². The molecular weight excluding hydrogens is 508 g/mol. The second-order valence-electron chi connectivity index (χ2n) is 12.2. The van der Waals surface area contributed by atoms with Gasteiger partial charge in [0.25, 0.3) is 5.91 Å². The Morgan fingerprint density at radius 2 is 1.72 bits per heavy atom. The van der Waals surface area contributed by atoms with E-state index in [0.717, 1.165) is 19.5 Å². The van der Waals surface area contributed by atoms with Crippen molar-refractivity contribution in [3.8, 4) is 5.75 Å². The van der Waals surface area contributed by atoms with Gasteiger partial charge in [0.1, 0.15) is 11.9 Å². The largest absolute Gasteiger partial charge is 0.489 e. The van der Waals surface area contributed by atoms with Crippen LogP contribution in [0.2, 0.25) is 5.02 Å². The maximum Gasteiger partial charge on any atom is 0.251 e. The first-order chi connectivity index (χ1) is 18.6. The Hall–Kier alpha value is -2.59. The van der Waals surface area contributed by atoms with Crippen LogP contribution in [0.15, 0.2) is 42.5 Å². The van der Waals surface area contributed by atoms with E-state index < -0.39 is 0 Å². The second kappa shape index (κ2) is 12.7. The van der Waals surface area contributed by atoms with Crippen LogP contribution < -0.4 is 15.4 Å². The molecule has 2 fully saturated rings. The lowest BCUT2D eigenvalue weighted by atomic mass is 9.49. The molecule has 2 aromatic rings. The monoisotopic (exact) mass is 550 g/mol. The molecule has 2 aromatic carbocycles. The van der Waals surface area contributed by atoms with Gasteiger partial charge in [0, 0.05) is 48.6 Å². The number of carbonyl (C=O) groups excluding carboxylic acids is 1. The van der Waals surface area contributed by atoms with Gasteiger partial charge in [-0.15, -0.1) is 0 Å². The zero-order valence-electron chi connectivity index (χ0n) is 23.9. The summed E-state index contributed by atoms with van der Waals surface area (Å²) in [6.45, 7) is 21.5. The molecule has 0 unspecified atom stereocenters. The van der Waals surface area contributed by atoms with Gasteiger partial charge in [-0.2, -0.15) is 0 Å². The topological polar surface area (TPSA) is 58.0 Å². The molecule has 2 aliphatic rings. The van der Waals surface area contributed by atoms with Crippen LogP contribution in [0, 0.1) is 17.4 Å². The van der Waals surface area contributed by atoms with E-state index in [0.29, 0.717) is 22.0 Å². The van der Waals surface area contributed by atoms with Gasteiger partial charge in [-0.25, -0.2) is 4.85 Å². The van der Waals surface area contributed by atoms with Crippen molar-refractivity contribution >= 4 is 23.2 Å². The van der Waals surface area contributed by atoms with Gasteiger partial charge in [0.05, 0.1) is 11.6 Å². The van der Waals surface area contributed by atoms with Gasteiger partial charge < -0.3 is 20.3 Å². The number of benzene rings is 2. The maximum atomic E-state index is 13.2. The highest BCUT2D eigenvalue weighted by atomic mass is 35.5. The van der Waals surface area contributed by atoms with Gasteiger partial charge >= 0.3 is 0 Å². The Morgan fingerprint density at radius 3 is 2.36 bits per heavy atom. The van der Waals surface area contributed by atoms with Crippen molar-refractivity contribution in [3.63, 3.8) is 0 Å². The fourth-order valence-electron chi connectivity index (χ4n) is 6.58. The van der Waals surface area contributed by atoms with Gasteiger partial charge in [-0.1, -0.05) is 70.3 Å². The normalized spacial score (nSPS) is 21.9. The number of halogens is 1. The fraction of sp³-hybridized carbons (Fsp3) is 0.562. The van der Waals surface area contributed by atoms with E-state index in [-0.39, 0.29) is 28.9 Å². The lowest BCUT2D eigenvalue weighted by molar-refractivity contribution is -0.164. The average Bonchev–Trinajstić information content (AvgIpc) is 2.93. The van der Waals surface area contributed by atoms with Crippen molar-refractivity contribution in [2.45, 2.75) is 71.9 Å². The summed E-state index contributed by atoms with van der Waals surface area (Å²) in [5, 5.41) is 7.07. The van der Waals surface area contributed by atoms with E-state index >= 15 is 0 Å². The minimum atomic E-state index is -0.283. The summed E-state index contributed by atoms with van der Waals surface area (Å²) in [6, 6.07) is 13.2. The molecule has 1 saturated heterocycles. The minimum Gasteiger partial charge on any atom is -0.489 e. The number of hydrogen-bond acceptors (Lipinski definition) is 4. The highest BCUT2D eigenvalue weighted by molar-refractivity contribution is 6.33. The summed E-state index contributed by atoms with van der Waals surface area (Å²) in [5.41, 5.74) is 1.82. The molecule has 0 atom stereocenters. The third-order valence-electron chi connectivity index (χ3n) is 8.52.